The van der Waals surface area contributed by atoms with Gasteiger partial charge in [0, 0.05) is 0 Å². The summed E-state index contributed by atoms with van der Waals surface area (Å²) in [6.45, 7) is 7.56. The van der Waals surface area contributed by atoms with Crippen molar-refractivity contribution in [2.24, 2.45) is 5.92 Å². The van der Waals surface area contributed by atoms with Gasteiger partial charge >= 0.3 is 6.18 Å². The lowest BCUT2D eigenvalue weighted by molar-refractivity contribution is -0.138. The number of rotatable bonds is 6. The van der Waals surface area contributed by atoms with E-state index in [-0.39, 0.29) is 11.8 Å². The molecule has 1 rings (SSSR count). The van der Waals surface area contributed by atoms with Gasteiger partial charge in [0.05, 0.1) is 5.56 Å². The van der Waals surface area contributed by atoms with Gasteiger partial charge in [0.25, 0.3) is 0 Å². The molecular weight excluding hydrogens is 251 g/mol. The van der Waals surface area contributed by atoms with Gasteiger partial charge in [-0.2, -0.15) is 13.2 Å². The number of hydrogen-bond acceptors (Lipinski definition) is 1. The summed E-state index contributed by atoms with van der Waals surface area (Å²) in [5.74, 6) is 0.0391. The van der Waals surface area contributed by atoms with E-state index in [1.54, 1.807) is 12.1 Å². The average molecular weight is 273 g/mol. The first-order chi connectivity index (χ1) is 8.88. The molecule has 0 saturated carbocycles. The van der Waals surface area contributed by atoms with Gasteiger partial charge in [-0.25, -0.2) is 0 Å². The second kappa shape index (κ2) is 6.94. The van der Waals surface area contributed by atoms with Crippen molar-refractivity contribution < 1.29 is 13.2 Å². The Morgan fingerprint density at radius 2 is 1.79 bits per heavy atom. The molecule has 0 heterocycles. The van der Waals surface area contributed by atoms with Crippen LogP contribution < -0.4 is 5.32 Å². The molecule has 0 fully saturated rings. The van der Waals surface area contributed by atoms with Gasteiger partial charge in [-0.15, -0.1) is 0 Å². The molecule has 0 aromatic heterocycles. The number of alkyl halides is 3. The zero-order valence-electron chi connectivity index (χ0n) is 11.7. The summed E-state index contributed by atoms with van der Waals surface area (Å²) < 4.78 is 38.9. The molecular formula is C15H22F3N. The van der Waals surface area contributed by atoms with Crippen molar-refractivity contribution in [3.63, 3.8) is 0 Å². The zero-order valence-corrected chi connectivity index (χ0v) is 11.7. The highest BCUT2D eigenvalue weighted by Crippen LogP contribution is 2.37. The SMILES string of the molecule is CCCNCC(C)C(C)c1ccccc1C(F)(F)F. The molecule has 0 radical (unpaired) electrons. The summed E-state index contributed by atoms with van der Waals surface area (Å²) in [6.07, 6.45) is -3.25. The van der Waals surface area contributed by atoms with Crippen LogP contribution in [-0.2, 0) is 6.18 Å². The fourth-order valence-corrected chi connectivity index (χ4v) is 2.14. The van der Waals surface area contributed by atoms with Crippen molar-refractivity contribution in [2.75, 3.05) is 13.1 Å². The molecule has 1 aromatic rings. The number of nitrogens with one attached hydrogen (secondary N) is 1. The van der Waals surface area contributed by atoms with E-state index < -0.39 is 11.7 Å². The Bertz CT molecular complexity index is 387. The third kappa shape index (κ3) is 4.53. The lowest BCUT2D eigenvalue weighted by atomic mass is 9.86. The van der Waals surface area contributed by atoms with Gasteiger partial charge in [-0.3, -0.25) is 0 Å². The van der Waals surface area contributed by atoms with Gasteiger partial charge in [0.2, 0.25) is 0 Å². The van der Waals surface area contributed by atoms with Crippen molar-refractivity contribution in [1.29, 1.82) is 0 Å². The van der Waals surface area contributed by atoms with Crippen LogP contribution in [-0.4, -0.2) is 13.1 Å². The maximum atomic E-state index is 13.0. The number of hydrogen-bond donors (Lipinski definition) is 1. The van der Waals surface area contributed by atoms with E-state index in [0.29, 0.717) is 5.56 Å². The van der Waals surface area contributed by atoms with Crippen LogP contribution in [0.1, 0.15) is 44.2 Å². The van der Waals surface area contributed by atoms with Crippen molar-refractivity contribution >= 4 is 0 Å². The van der Waals surface area contributed by atoms with Gasteiger partial charge in [-0.05, 0) is 43.0 Å². The molecule has 108 valence electrons. The summed E-state index contributed by atoms with van der Waals surface area (Å²) in [5.41, 5.74) is -0.120. The topological polar surface area (TPSA) is 12.0 Å². The highest BCUT2D eigenvalue weighted by Gasteiger charge is 2.34. The second-order valence-electron chi connectivity index (χ2n) is 5.06. The van der Waals surface area contributed by atoms with Crippen LogP contribution in [0.4, 0.5) is 13.2 Å². The monoisotopic (exact) mass is 273 g/mol. The van der Waals surface area contributed by atoms with E-state index >= 15 is 0 Å². The summed E-state index contributed by atoms with van der Waals surface area (Å²) in [5, 5.41) is 3.26. The molecule has 1 N–H and O–H groups in total. The minimum atomic E-state index is -4.28. The molecule has 0 saturated heterocycles. The molecule has 0 amide bonds. The standard InChI is InChI=1S/C15H22F3N/c1-4-9-19-10-11(2)12(3)13-7-5-6-8-14(13)15(16,17)18/h5-8,11-12,19H,4,9-10H2,1-3H3. The maximum Gasteiger partial charge on any atom is 0.416 e. The minimum absolute atomic E-state index is 0.123. The van der Waals surface area contributed by atoms with Crippen LogP contribution >= 0.6 is 0 Å². The van der Waals surface area contributed by atoms with E-state index in [4.69, 9.17) is 0 Å². The quantitative estimate of drug-likeness (QED) is 0.755. The van der Waals surface area contributed by atoms with Gasteiger partial charge in [0.1, 0.15) is 0 Å². The fraction of sp³-hybridized carbons (Fsp3) is 0.600. The van der Waals surface area contributed by atoms with Crippen LogP contribution in [0.5, 0.6) is 0 Å². The van der Waals surface area contributed by atoms with Crippen molar-refractivity contribution in [3.05, 3.63) is 35.4 Å². The van der Waals surface area contributed by atoms with Gasteiger partial charge in [0.15, 0.2) is 0 Å². The third-order valence-corrected chi connectivity index (χ3v) is 3.50. The molecule has 0 bridgehead atoms. The molecule has 2 atom stereocenters. The Labute approximate surface area is 113 Å². The molecule has 0 spiro atoms. The molecule has 1 aromatic carbocycles. The van der Waals surface area contributed by atoms with Crippen LogP contribution in [0.25, 0.3) is 0 Å². The van der Waals surface area contributed by atoms with Crippen LogP contribution in [0, 0.1) is 5.92 Å². The van der Waals surface area contributed by atoms with Crippen molar-refractivity contribution in [1.82, 2.24) is 5.32 Å². The van der Waals surface area contributed by atoms with Crippen LogP contribution in [0.15, 0.2) is 24.3 Å². The first kappa shape index (κ1) is 16.0. The summed E-state index contributed by atoms with van der Waals surface area (Å²) in [6, 6.07) is 5.87. The molecule has 0 aliphatic rings. The lowest BCUT2D eigenvalue weighted by Crippen LogP contribution is -2.26. The molecule has 2 unspecified atom stereocenters. The number of benzene rings is 1. The highest BCUT2D eigenvalue weighted by molar-refractivity contribution is 5.32. The van der Waals surface area contributed by atoms with Gasteiger partial charge < -0.3 is 5.32 Å². The Hall–Kier alpha value is -1.03. The summed E-state index contributed by atoms with van der Waals surface area (Å²) in [7, 11) is 0. The predicted octanol–water partition coefficient (Wildman–Crippen LogP) is 4.44. The van der Waals surface area contributed by atoms with Crippen molar-refractivity contribution in [3.8, 4) is 0 Å². The first-order valence-corrected chi connectivity index (χ1v) is 6.74. The molecule has 19 heavy (non-hydrogen) atoms. The van der Waals surface area contributed by atoms with Crippen LogP contribution in [0.3, 0.4) is 0 Å². The van der Waals surface area contributed by atoms with E-state index in [2.05, 4.69) is 12.2 Å². The number of halogens is 3. The summed E-state index contributed by atoms with van der Waals surface area (Å²) >= 11 is 0. The van der Waals surface area contributed by atoms with Gasteiger partial charge in [-0.1, -0.05) is 39.0 Å². The molecule has 4 heteroatoms. The largest absolute Gasteiger partial charge is 0.416 e. The van der Waals surface area contributed by atoms with E-state index in [1.165, 1.54) is 6.07 Å². The minimum Gasteiger partial charge on any atom is -0.316 e. The first-order valence-electron chi connectivity index (χ1n) is 6.74. The molecule has 1 nitrogen and oxygen atoms in total. The lowest BCUT2D eigenvalue weighted by Gasteiger charge is -2.24. The summed E-state index contributed by atoms with van der Waals surface area (Å²) in [4.78, 5) is 0. The second-order valence-corrected chi connectivity index (χ2v) is 5.06. The Morgan fingerprint density at radius 3 is 2.37 bits per heavy atom. The fourth-order valence-electron chi connectivity index (χ4n) is 2.14. The Balaban J connectivity index is 2.84. The maximum absolute atomic E-state index is 13.0. The van der Waals surface area contributed by atoms with Crippen molar-refractivity contribution in [2.45, 2.75) is 39.3 Å². The van der Waals surface area contributed by atoms with Crippen LogP contribution in [0.2, 0.25) is 0 Å². The predicted molar refractivity (Wildman–Crippen MR) is 72.2 cm³/mol. The van der Waals surface area contributed by atoms with E-state index in [0.717, 1.165) is 25.6 Å². The molecule has 0 aliphatic carbocycles. The highest BCUT2D eigenvalue weighted by atomic mass is 19.4. The Kier molecular flexibility index (Phi) is 5.85. The molecule has 0 aliphatic heterocycles. The normalized spacial score (nSPS) is 15.3. The smallest absolute Gasteiger partial charge is 0.316 e. The Morgan fingerprint density at radius 1 is 1.16 bits per heavy atom. The third-order valence-electron chi connectivity index (χ3n) is 3.50. The van der Waals surface area contributed by atoms with E-state index in [9.17, 15) is 13.2 Å². The zero-order chi connectivity index (χ0) is 14.5. The van der Waals surface area contributed by atoms with E-state index in [1.807, 2.05) is 13.8 Å². The average Bonchev–Trinajstić information content (AvgIpc) is 2.37.